The molecule has 0 fully saturated rings. The summed E-state index contributed by atoms with van der Waals surface area (Å²) in [7, 11) is 0. The van der Waals surface area contributed by atoms with Crippen LogP contribution in [0.25, 0.3) is 0 Å². The van der Waals surface area contributed by atoms with Crippen molar-refractivity contribution in [2.24, 2.45) is 5.73 Å². The first kappa shape index (κ1) is 9.15. The summed E-state index contributed by atoms with van der Waals surface area (Å²) in [6.07, 6.45) is 5.49. The molecule has 1 heterocycles. The van der Waals surface area contributed by atoms with Gasteiger partial charge < -0.3 is 10.8 Å². The zero-order chi connectivity index (χ0) is 10.1. The first-order chi connectivity index (χ1) is 6.68. The van der Waals surface area contributed by atoms with Gasteiger partial charge in [-0.25, -0.2) is 4.79 Å². The van der Waals surface area contributed by atoms with Gasteiger partial charge in [-0.3, -0.25) is 4.98 Å². The van der Waals surface area contributed by atoms with Crippen LogP contribution in [-0.2, 0) is 12.8 Å². The lowest BCUT2D eigenvalue weighted by Gasteiger charge is -2.21. The molecule has 2 rings (SSSR count). The van der Waals surface area contributed by atoms with E-state index in [2.05, 4.69) is 4.98 Å². The van der Waals surface area contributed by atoms with Crippen molar-refractivity contribution in [1.29, 1.82) is 0 Å². The number of nitrogens with zero attached hydrogens (tertiary/aromatic N) is 1. The van der Waals surface area contributed by atoms with Crippen molar-refractivity contribution in [1.82, 2.24) is 4.98 Å². The summed E-state index contributed by atoms with van der Waals surface area (Å²) in [5.41, 5.74) is 8.03. The van der Waals surface area contributed by atoms with Crippen molar-refractivity contribution in [3.8, 4) is 0 Å². The van der Waals surface area contributed by atoms with Gasteiger partial charge in [0.25, 0.3) is 0 Å². The van der Waals surface area contributed by atoms with Gasteiger partial charge in [-0.1, -0.05) is 0 Å². The van der Waals surface area contributed by atoms with Gasteiger partial charge in [-0.2, -0.15) is 0 Å². The highest BCUT2D eigenvalue weighted by atomic mass is 16.4. The molecule has 1 atom stereocenters. The molecule has 74 valence electrons. The second-order valence-electron chi connectivity index (χ2n) is 3.63. The van der Waals surface area contributed by atoms with Crippen molar-refractivity contribution in [2.45, 2.75) is 25.3 Å². The van der Waals surface area contributed by atoms with E-state index >= 15 is 0 Å². The molecular formula is C10H12N2O2. The smallest absolute Gasteiger partial charge is 0.337 e. The number of aromatic carboxylic acids is 1. The van der Waals surface area contributed by atoms with Crippen molar-refractivity contribution in [3.05, 3.63) is 29.1 Å². The van der Waals surface area contributed by atoms with E-state index in [1.165, 1.54) is 6.20 Å². The highest BCUT2D eigenvalue weighted by molar-refractivity contribution is 5.89. The first-order valence-corrected chi connectivity index (χ1v) is 4.63. The molecule has 1 aliphatic rings. The Bertz CT molecular complexity index is 376. The summed E-state index contributed by atoms with van der Waals surface area (Å²) in [6.45, 7) is 0. The van der Waals surface area contributed by atoms with E-state index in [1.807, 2.05) is 0 Å². The zero-order valence-electron chi connectivity index (χ0n) is 7.73. The molecule has 1 aromatic rings. The van der Waals surface area contributed by atoms with Crippen LogP contribution >= 0.6 is 0 Å². The third-order valence-electron chi connectivity index (χ3n) is 2.62. The van der Waals surface area contributed by atoms with Crippen LogP contribution in [0.3, 0.4) is 0 Å². The van der Waals surface area contributed by atoms with E-state index in [1.54, 1.807) is 6.20 Å². The number of carboxylic acids is 1. The molecule has 0 saturated heterocycles. The van der Waals surface area contributed by atoms with Crippen LogP contribution in [0.4, 0.5) is 0 Å². The molecule has 3 N–H and O–H groups in total. The number of carbonyl (C=O) groups is 1. The summed E-state index contributed by atoms with van der Waals surface area (Å²) in [4.78, 5) is 14.8. The molecule has 0 amide bonds. The summed E-state index contributed by atoms with van der Waals surface area (Å²) in [5, 5.41) is 8.94. The average molecular weight is 192 g/mol. The van der Waals surface area contributed by atoms with Crippen LogP contribution in [0.2, 0.25) is 0 Å². The molecule has 4 nitrogen and oxygen atoms in total. The van der Waals surface area contributed by atoms with Crippen molar-refractivity contribution < 1.29 is 9.90 Å². The summed E-state index contributed by atoms with van der Waals surface area (Å²) in [5.74, 6) is -0.898. The highest BCUT2D eigenvalue weighted by Crippen LogP contribution is 2.22. The van der Waals surface area contributed by atoms with E-state index in [0.29, 0.717) is 5.56 Å². The molecular weight excluding hydrogens is 180 g/mol. The van der Waals surface area contributed by atoms with Gasteiger partial charge in [0.2, 0.25) is 0 Å². The quantitative estimate of drug-likeness (QED) is 0.683. The summed E-state index contributed by atoms with van der Waals surface area (Å²) < 4.78 is 0. The molecule has 0 spiro atoms. The van der Waals surface area contributed by atoms with E-state index in [4.69, 9.17) is 10.8 Å². The van der Waals surface area contributed by atoms with E-state index in [-0.39, 0.29) is 6.04 Å². The predicted molar refractivity (Wildman–Crippen MR) is 51.2 cm³/mol. The van der Waals surface area contributed by atoms with Gasteiger partial charge in [-0.05, 0) is 30.4 Å². The SMILES string of the molecule is NC1CCc2c(cncc2C(=O)O)C1. The molecule has 0 aliphatic heterocycles. The molecule has 0 aromatic carbocycles. The van der Waals surface area contributed by atoms with Crippen LogP contribution in [0, 0.1) is 0 Å². The Morgan fingerprint density at radius 1 is 1.57 bits per heavy atom. The molecule has 4 heteroatoms. The summed E-state index contributed by atoms with van der Waals surface area (Å²) >= 11 is 0. The average Bonchev–Trinajstić information content (AvgIpc) is 2.16. The van der Waals surface area contributed by atoms with Gasteiger partial charge in [-0.15, -0.1) is 0 Å². The predicted octanol–water partition coefficient (Wildman–Crippen LogP) is 0.596. The fourth-order valence-corrected chi connectivity index (χ4v) is 1.90. The Hall–Kier alpha value is -1.42. The Labute approximate surface area is 81.8 Å². The number of pyridine rings is 1. The second-order valence-corrected chi connectivity index (χ2v) is 3.63. The lowest BCUT2D eigenvalue weighted by Crippen LogP contribution is -2.29. The molecule has 1 unspecified atom stereocenters. The minimum absolute atomic E-state index is 0.147. The number of carboxylic acid groups (broad SMARTS) is 1. The van der Waals surface area contributed by atoms with Crippen LogP contribution in [-0.4, -0.2) is 22.1 Å². The van der Waals surface area contributed by atoms with Gasteiger partial charge in [0.05, 0.1) is 5.56 Å². The summed E-state index contributed by atoms with van der Waals surface area (Å²) in [6, 6.07) is 0.147. The van der Waals surface area contributed by atoms with Gasteiger partial charge >= 0.3 is 5.97 Å². The molecule has 0 bridgehead atoms. The number of rotatable bonds is 1. The molecule has 0 saturated carbocycles. The molecule has 1 aliphatic carbocycles. The number of fused-ring (bicyclic) bond motifs is 1. The Kier molecular flexibility index (Phi) is 2.21. The number of hydrogen-bond acceptors (Lipinski definition) is 3. The minimum atomic E-state index is -0.898. The van der Waals surface area contributed by atoms with Gasteiger partial charge in [0, 0.05) is 18.4 Å². The molecule has 14 heavy (non-hydrogen) atoms. The monoisotopic (exact) mass is 192 g/mol. The number of hydrogen-bond donors (Lipinski definition) is 2. The van der Waals surface area contributed by atoms with E-state index < -0.39 is 5.97 Å². The minimum Gasteiger partial charge on any atom is -0.478 e. The Balaban J connectivity index is 2.46. The first-order valence-electron chi connectivity index (χ1n) is 4.63. The van der Waals surface area contributed by atoms with Crippen molar-refractivity contribution >= 4 is 5.97 Å². The third-order valence-corrected chi connectivity index (χ3v) is 2.62. The topological polar surface area (TPSA) is 76.2 Å². The Morgan fingerprint density at radius 3 is 3.07 bits per heavy atom. The fourth-order valence-electron chi connectivity index (χ4n) is 1.90. The lowest BCUT2D eigenvalue weighted by molar-refractivity contribution is 0.0694. The van der Waals surface area contributed by atoms with Crippen LogP contribution in [0.1, 0.15) is 27.9 Å². The zero-order valence-corrected chi connectivity index (χ0v) is 7.73. The van der Waals surface area contributed by atoms with Crippen LogP contribution < -0.4 is 5.73 Å². The standard InChI is InChI=1S/C10H12N2O2/c11-7-1-2-8-6(3-7)4-12-5-9(8)10(13)14/h4-5,7H,1-3,11H2,(H,13,14). The Morgan fingerprint density at radius 2 is 2.36 bits per heavy atom. The van der Waals surface area contributed by atoms with Crippen LogP contribution in [0.15, 0.2) is 12.4 Å². The van der Waals surface area contributed by atoms with Crippen molar-refractivity contribution in [2.75, 3.05) is 0 Å². The second kappa shape index (κ2) is 3.38. The third kappa shape index (κ3) is 1.48. The fraction of sp³-hybridized carbons (Fsp3) is 0.400. The highest BCUT2D eigenvalue weighted by Gasteiger charge is 2.20. The van der Waals surface area contributed by atoms with Crippen molar-refractivity contribution in [3.63, 3.8) is 0 Å². The maximum absolute atomic E-state index is 10.9. The number of aromatic nitrogens is 1. The molecule has 1 aromatic heterocycles. The maximum atomic E-state index is 10.9. The maximum Gasteiger partial charge on any atom is 0.337 e. The largest absolute Gasteiger partial charge is 0.478 e. The molecule has 0 radical (unpaired) electrons. The van der Waals surface area contributed by atoms with Gasteiger partial charge in [0.1, 0.15) is 0 Å². The van der Waals surface area contributed by atoms with E-state index in [9.17, 15) is 4.79 Å². The van der Waals surface area contributed by atoms with E-state index in [0.717, 1.165) is 30.4 Å². The lowest BCUT2D eigenvalue weighted by atomic mass is 9.87. The normalized spacial score (nSPS) is 20.2. The van der Waals surface area contributed by atoms with Crippen LogP contribution in [0.5, 0.6) is 0 Å². The number of nitrogens with two attached hydrogens (primary N) is 1. The van der Waals surface area contributed by atoms with Gasteiger partial charge in [0.15, 0.2) is 0 Å².